The fraction of sp³-hybridized carbons (Fsp3) is 0.500. The molecule has 0 bridgehead atoms. The van der Waals surface area contributed by atoms with Gasteiger partial charge in [-0.1, -0.05) is 0 Å². The lowest BCUT2D eigenvalue weighted by molar-refractivity contribution is -0.127. The van der Waals surface area contributed by atoms with Gasteiger partial charge in [0.15, 0.2) is 0 Å². The number of piperidine rings is 1. The van der Waals surface area contributed by atoms with Crippen molar-refractivity contribution in [3.05, 3.63) is 26.9 Å². The zero-order chi connectivity index (χ0) is 13.8. The molecule has 1 aliphatic rings. The van der Waals surface area contributed by atoms with Crippen LogP contribution in [0.1, 0.15) is 24.6 Å². The maximum Gasteiger partial charge on any atom is 0.246 e. The highest BCUT2D eigenvalue weighted by Gasteiger charge is 2.24. The smallest absolute Gasteiger partial charge is 0.246 e. The summed E-state index contributed by atoms with van der Waals surface area (Å²) in [7, 11) is 0. The van der Waals surface area contributed by atoms with Crippen molar-refractivity contribution >= 4 is 39.2 Å². The molecule has 5 heteroatoms. The molecule has 0 radical (unpaired) electrons. The number of aliphatic hydroxyl groups excluding tert-OH is 1. The highest BCUT2D eigenvalue weighted by Crippen LogP contribution is 2.22. The number of carbonyl (C=O) groups excluding carboxylic acids is 1. The molecule has 2 rings (SSSR count). The summed E-state index contributed by atoms with van der Waals surface area (Å²) in [5.41, 5.74) is 0. The quantitative estimate of drug-likeness (QED) is 0.856. The molecule has 1 aromatic heterocycles. The summed E-state index contributed by atoms with van der Waals surface area (Å²) in [6.07, 6.45) is 5.01. The fourth-order valence-corrected chi connectivity index (χ4v) is 3.61. The zero-order valence-electron chi connectivity index (χ0n) is 10.9. The predicted molar refractivity (Wildman–Crippen MR) is 82.0 cm³/mol. The number of amides is 1. The van der Waals surface area contributed by atoms with Crippen LogP contribution in [0.15, 0.2) is 22.0 Å². The first-order chi connectivity index (χ1) is 9.06. The van der Waals surface area contributed by atoms with Gasteiger partial charge >= 0.3 is 0 Å². The monoisotopic (exact) mass is 343 g/mol. The molecule has 1 fully saturated rings. The molecule has 1 aliphatic heterocycles. The van der Waals surface area contributed by atoms with E-state index < -0.39 is 0 Å². The lowest BCUT2D eigenvalue weighted by Crippen LogP contribution is -2.39. The molecule has 0 aromatic carbocycles. The van der Waals surface area contributed by atoms with Crippen molar-refractivity contribution in [2.24, 2.45) is 5.92 Å². The third kappa shape index (κ3) is 4.16. The maximum atomic E-state index is 12.0. The molecule has 2 heterocycles. The van der Waals surface area contributed by atoms with E-state index in [1.807, 2.05) is 29.3 Å². The van der Waals surface area contributed by atoms with Crippen LogP contribution in [-0.4, -0.2) is 35.1 Å². The largest absolute Gasteiger partial charge is 0.393 e. The van der Waals surface area contributed by atoms with E-state index in [4.69, 9.17) is 0 Å². The molecular formula is C14H18BrNO2S. The molecule has 1 aromatic rings. The van der Waals surface area contributed by atoms with Crippen LogP contribution in [0.2, 0.25) is 0 Å². The van der Waals surface area contributed by atoms with Gasteiger partial charge in [-0.15, -0.1) is 11.3 Å². The lowest BCUT2D eigenvalue weighted by Gasteiger charge is -2.32. The standard InChI is InChI=1S/C14H18BrNO2S/c1-10(17)11-4-6-16(7-5-11)14(18)3-2-13-8-12(15)9-19-13/h2-3,8-11,17H,4-7H2,1H3. The third-order valence-electron chi connectivity index (χ3n) is 3.51. The van der Waals surface area contributed by atoms with Crippen molar-refractivity contribution in [3.63, 3.8) is 0 Å². The molecule has 1 atom stereocenters. The molecule has 1 N–H and O–H groups in total. The van der Waals surface area contributed by atoms with Crippen molar-refractivity contribution in [2.45, 2.75) is 25.9 Å². The van der Waals surface area contributed by atoms with Crippen molar-refractivity contribution in [1.29, 1.82) is 0 Å². The van der Waals surface area contributed by atoms with E-state index in [9.17, 15) is 9.90 Å². The number of hydrogen-bond acceptors (Lipinski definition) is 3. The topological polar surface area (TPSA) is 40.5 Å². The normalized spacial score (nSPS) is 19.0. The summed E-state index contributed by atoms with van der Waals surface area (Å²) in [5.74, 6) is 0.398. The van der Waals surface area contributed by atoms with Gasteiger partial charge in [-0.3, -0.25) is 4.79 Å². The van der Waals surface area contributed by atoms with Crippen LogP contribution in [0.25, 0.3) is 6.08 Å². The van der Waals surface area contributed by atoms with Crippen molar-refractivity contribution in [1.82, 2.24) is 4.90 Å². The van der Waals surface area contributed by atoms with E-state index in [0.29, 0.717) is 5.92 Å². The van der Waals surface area contributed by atoms with Crippen LogP contribution < -0.4 is 0 Å². The van der Waals surface area contributed by atoms with Gasteiger partial charge < -0.3 is 10.0 Å². The number of nitrogens with zero attached hydrogens (tertiary/aromatic N) is 1. The van der Waals surface area contributed by atoms with Crippen LogP contribution >= 0.6 is 27.3 Å². The summed E-state index contributed by atoms with van der Waals surface area (Å²) >= 11 is 5.00. The first kappa shape index (κ1) is 14.8. The fourth-order valence-electron chi connectivity index (χ4n) is 2.28. The molecule has 1 amide bonds. The van der Waals surface area contributed by atoms with Gasteiger partial charge in [-0.05, 0) is 53.8 Å². The lowest BCUT2D eigenvalue weighted by atomic mass is 9.92. The van der Waals surface area contributed by atoms with Gasteiger partial charge in [0, 0.05) is 33.9 Å². The number of thiophene rings is 1. The van der Waals surface area contributed by atoms with Gasteiger partial charge in [0.2, 0.25) is 5.91 Å². The number of rotatable bonds is 3. The Kier molecular flexibility index (Phi) is 5.19. The van der Waals surface area contributed by atoms with Crippen molar-refractivity contribution in [3.8, 4) is 0 Å². The van der Waals surface area contributed by atoms with Gasteiger partial charge in [-0.25, -0.2) is 0 Å². The average molecular weight is 344 g/mol. The minimum absolute atomic E-state index is 0.0635. The summed E-state index contributed by atoms with van der Waals surface area (Å²) in [4.78, 5) is 15.0. The zero-order valence-corrected chi connectivity index (χ0v) is 13.3. The second-order valence-electron chi connectivity index (χ2n) is 4.90. The predicted octanol–water partition coefficient (Wildman–Crippen LogP) is 3.14. The first-order valence-electron chi connectivity index (χ1n) is 6.45. The van der Waals surface area contributed by atoms with E-state index in [-0.39, 0.29) is 12.0 Å². The van der Waals surface area contributed by atoms with E-state index in [2.05, 4.69) is 15.9 Å². The van der Waals surface area contributed by atoms with Crippen LogP contribution in [-0.2, 0) is 4.79 Å². The highest BCUT2D eigenvalue weighted by atomic mass is 79.9. The Labute approximate surface area is 126 Å². The Morgan fingerprint density at radius 2 is 2.26 bits per heavy atom. The summed E-state index contributed by atoms with van der Waals surface area (Å²) in [5, 5.41) is 11.5. The Morgan fingerprint density at radius 3 is 2.79 bits per heavy atom. The van der Waals surface area contributed by atoms with Crippen LogP contribution in [0, 0.1) is 5.92 Å². The second-order valence-corrected chi connectivity index (χ2v) is 6.76. The Bertz CT molecular complexity index is 462. The molecule has 104 valence electrons. The molecule has 19 heavy (non-hydrogen) atoms. The van der Waals surface area contributed by atoms with E-state index in [1.165, 1.54) is 0 Å². The van der Waals surface area contributed by atoms with Crippen LogP contribution in [0.5, 0.6) is 0 Å². The molecule has 0 aliphatic carbocycles. The number of aliphatic hydroxyl groups is 1. The second kappa shape index (κ2) is 6.68. The molecular weight excluding hydrogens is 326 g/mol. The number of hydrogen-bond donors (Lipinski definition) is 1. The highest BCUT2D eigenvalue weighted by molar-refractivity contribution is 9.10. The van der Waals surface area contributed by atoms with Crippen molar-refractivity contribution < 1.29 is 9.90 Å². The molecule has 1 unspecified atom stereocenters. The number of carbonyl (C=O) groups is 1. The summed E-state index contributed by atoms with van der Waals surface area (Å²) < 4.78 is 1.04. The van der Waals surface area contributed by atoms with Gasteiger partial charge in [0.05, 0.1) is 6.10 Å². The van der Waals surface area contributed by atoms with Gasteiger partial charge in [-0.2, -0.15) is 0 Å². The third-order valence-corrected chi connectivity index (χ3v) is 5.17. The first-order valence-corrected chi connectivity index (χ1v) is 8.12. The van der Waals surface area contributed by atoms with Gasteiger partial charge in [0.1, 0.15) is 0 Å². The SMILES string of the molecule is CC(O)C1CCN(C(=O)C=Cc2cc(Br)cs2)CC1. The minimum atomic E-state index is -0.267. The average Bonchev–Trinajstić information content (AvgIpc) is 2.82. The number of likely N-dealkylation sites (tertiary alicyclic amines) is 1. The van der Waals surface area contributed by atoms with Gasteiger partial charge in [0.25, 0.3) is 0 Å². The Morgan fingerprint density at radius 1 is 1.58 bits per heavy atom. The van der Waals surface area contributed by atoms with E-state index in [0.717, 1.165) is 35.3 Å². The van der Waals surface area contributed by atoms with Crippen LogP contribution in [0.3, 0.4) is 0 Å². The van der Waals surface area contributed by atoms with Crippen LogP contribution in [0.4, 0.5) is 0 Å². The number of halogens is 1. The van der Waals surface area contributed by atoms with E-state index in [1.54, 1.807) is 17.4 Å². The molecule has 3 nitrogen and oxygen atoms in total. The molecule has 1 saturated heterocycles. The summed E-state index contributed by atoms with van der Waals surface area (Å²) in [6.45, 7) is 3.32. The summed E-state index contributed by atoms with van der Waals surface area (Å²) in [6, 6.07) is 1.99. The Balaban J connectivity index is 1.86. The molecule has 0 spiro atoms. The van der Waals surface area contributed by atoms with Crippen molar-refractivity contribution in [2.75, 3.05) is 13.1 Å². The Hall–Kier alpha value is -0.650. The van der Waals surface area contributed by atoms with E-state index >= 15 is 0 Å². The molecule has 0 saturated carbocycles. The minimum Gasteiger partial charge on any atom is -0.393 e. The maximum absolute atomic E-state index is 12.0.